The van der Waals surface area contributed by atoms with Crippen LogP contribution >= 0.6 is 15.9 Å². The molecule has 8 nitrogen and oxygen atoms in total. The summed E-state index contributed by atoms with van der Waals surface area (Å²) in [4.78, 5) is 12.6. The molecule has 0 unspecified atom stereocenters. The van der Waals surface area contributed by atoms with Gasteiger partial charge in [0.15, 0.2) is 0 Å². The number of anilines is 1. The van der Waals surface area contributed by atoms with E-state index in [0.717, 1.165) is 24.7 Å². The van der Waals surface area contributed by atoms with Crippen molar-refractivity contribution in [1.82, 2.24) is 0 Å². The number of amides is 1. The first-order chi connectivity index (χ1) is 20.0. The molecule has 0 atom stereocenters. The summed E-state index contributed by atoms with van der Waals surface area (Å²) < 4.78 is 72.6. The van der Waals surface area contributed by atoms with Crippen molar-refractivity contribution in [3.8, 4) is 0 Å². The van der Waals surface area contributed by atoms with Crippen molar-refractivity contribution in [2.75, 3.05) is 24.5 Å². The van der Waals surface area contributed by atoms with Crippen molar-refractivity contribution in [3.05, 3.63) is 98.2 Å². The molecule has 1 saturated carbocycles. The number of sulfonamides is 1. The first-order valence-corrected chi connectivity index (χ1v) is 15.7. The number of fused-ring (bicyclic) bond motifs is 1. The number of furan rings is 1. The topological polar surface area (TPSA) is 112 Å². The minimum Gasteiger partial charge on any atom is -0.460 e. The summed E-state index contributed by atoms with van der Waals surface area (Å²) in [5.74, 6) is -1.27. The molecule has 12 heteroatoms. The van der Waals surface area contributed by atoms with E-state index in [1.54, 1.807) is 30.3 Å². The van der Waals surface area contributed by atoms with Crippen LogP contribution in [0.4, 0.5) is 14.5 Å². The molecule has 0 aliphatic heterocycles. The van der Waals surface area contributed by atoms with Crippen LogP contribution in [0.15, 0.2) is 57.4 Å². The van der Waals surface area contributed by atoms with Crippen molar-refractivity contribution < 1.29 is 35.9 Å². The lowest BCUT2D eigenvalue weighted by Crippen LogP contribution is -2.30. The molecule has 1 heterocycles. The van der Waals surface area contributed by atoms with E-state index in [-0.39, 0.29) is 47.9 Å². The van der Waals surface area contributed by atoms with E-state index < -0.39 is 27.6 Å². The number of hydrogen-bond donors (Lipinski definition) is 1. The summed E-state index contributed by atoms with van der Waals surface area (Å²) in [6, 6.07) is 12.1. The third-order valence-electron chi connectivity index (χ3n) is 7.07. The molecule has 1 aromatic heterocycles. The number of carbonyl (C=O) groups is 1. The maximum absolute atomic E-state index is 14.9. The zero-order valence-corrected chi connectivity index (χ0v) is 25.4. The molecule has 0 radical (unpaired) electrons. The van der Waals surface area contributed by atoms with Gasteiger partial charge in [-0.25, -0.2) is 17.2 Å². The van der Waals surface area contributed by atoms with E-state index >= 15 is 0 Å². The standard InChI is InChI=1S/C30H29BrF2N2O6S/c1-39-16-40-15-20-9-18(10-24(33)29(20)31)14-35(42(2,37)38)25-13-26-23(12-22(25)19-5-6-19)28(30(34)36)27(41-26)11-17-3-7-21(32)8-4-17/h3-4,7-10,12-13,19H,5-6,11,14-16H2,1-2H3,(H2,34,36). The Hall–Kier alpha value is -3.32. The number of benzene rings is 3. The van der Waals surface area contributed by atoms with Crippen LogP contribution in [0.2, 0.25) is 0 Å². The van der Waals surface area contributed by atoms with Gasteiger partial charge in [-0.15, -0.1) is 0 Å². The second kappa shape index (κ2) is 12.1. The number of nitrogens with two attached hydrogens (primary N) is 1. The van der Waals surface area contributed by atoms with E-state index in [4.69, 9.17) is 19.6 Å². The van der Waals surface area contributed by atoms with Crippen molar-refractivity contribution in [2.24, 2.45) is 5.73 Å². The van der Waals surface area contributed by atoms with Crippen LogP contribution < -0.4 is 10.0 Å². The van der Waals surface area contributed by atoms with Crippen molar-refractivity contribution in [3.63, 3.8) is 0 Å². The molecule has 1 aliphatic rings. The average Bonchev–Trinajstić information content (AvgIpc) is 3.71. The summed E-state index contributed by atoms with van der Waals surface area (Å²) in [7, 11) is -2.39. The molecule has 1 aliphatic carbocycles. The molecule has 4 aromatic rings. The lowest BCUT2D eigenvalue weighted by Gasteiger charge is -2.26. The molecule has 0 bridgehead atoms. The summed E-state index contributed by atoms with van der Waals surface area (Å²) >= 11 is 3.23. The number of rotatable bonds is 12. The van der Waals surface area contributed by atoms with Gasteiger partial charge in [0.1, 0.15) is 29.8 Å². The summed E-state index contributed by atoms with van der Waals surface area (Å²) in [5, 5.41) is 0.478. The van der Waals surface area contributed by atoms with E-state index in [0.29, 0.717) is 33.5 Å². The zero-order valence-electron chi connectivity index (χ0n) is 23.0. The monoisotopic (exact) mass is 662 g/mol. The fraction of sp³-hybridized carbons (Fsp3) is 0.300. The minimum absolute atomic E-state index is 0.0120. The third-order valence-corrected chi connectivity index (χ3v) is 9.08. The van der Waals surface area contributed by atoms with Crippen LogP contribution in [0, 0.1) is 11.6 Å². The van der Waals surface area contributed by atoms with Gasteiger partial charge in [0.2, 0.25) is 10.0 Å². The van der Waals surface area contributed by atoms with Crippen LogP contribution in [0.5, 0.6) is 0 Å². The average molecular weight is 664 g/mol. The Morgan fingerprint density at radius 1 is 1.12 bits per heavy atom. The number of methoxy groups -OCH3 is 1. The highest BCUT2D eigenvalue weighted by atomic mass is 79.9. The molecule has 3 aromatic carbocycles. The molecule has 1 fully saturated rings. The van der Waals surface area contributed by atoms with Gasteiger partial charge in [-0.3, -0.25) is 9.10 Å². The molecular weight excluding hydrogens is 634 g/mol. The van der Waals surface area contributed by atoms with Gasteiger partial charge in [0.25, 0.3) is 5.91 Å². The van der Waals surface area contributed by atoms with E-state index in [9.17, 15) is 22.0 Å². The van der Waals surface area contributed by atoms with Gasteiger partial charge in [0, 0.05) is 25.0 Å². The van der Waals surface area contributed by atoms with Crippen molar-refractivity contribution >= 4 is 48.5 Å². The molecule has 0 spiro atoms. The van der Waals surface area contributed by atoms with E-state index in [1.807, 2.05) is 0 Å². The normalized spacial score (nSPS) is 13.5. The maximum Gasteiger partial charge on any atom is 0.252 e. The van der Waals surface area contributed by atoms with Crippen molar-refractivity contribution in [1.29, 1.82) is 0 Å². The third kappa shape index (κ3) is 6.51. The highest BCUT2D eigenvalue weighted by Crippen LogP contribution is 2.47. The Morgan fingerprint density at radius 3 is 2.45 bits per heavy atom. The Balaban J connectivity index is 1.60. The second-order valence-corrected chi connectivity index (χ2v) is 13.0. The number of nitrogens with zero attached hydrogens (tertiary/aromatic N) is 1. The van der Waals surface area contributed by atoms with E-state index in [2.05, 4.69) is 15.9 Å². The molecule has 42 heavy (non-hydrogen) atoms. The van der Waals surface area contributed by atoms with Gasteiger partial charge >= 0.3 is 0 Å². The maximum atomic E-state index is 14.9. The SMILES string of the molecule is COCOCc1cc(CN(c2cc3oc(Cc4ccc(F)cc4)c(C(N)=O)c3cc2C2CC2)S(C)(=O)=O)cc(F)c1Br. The van der Waals surface area contributed by atoms with Gasteiger partial charge in [-0.2, -0.15) is 0 Å². The fourth-order valence-corrected chi connectivity index (χ4v) is 6.25. The molecule has 5 rings (SSSR count). The number of primary amides is 1. The number of halogens is 3. The largest absolute Gasteiger partial charge is 0.460 e. The fourth-order valence-electron chi connectivity index (χ4n) is 5.01. The smallest absolute Gasteiger partial charge is 0.252 e. The van der Waals surface area contributed by atoms with Gasteiger partial charge in [-0.1, -0.05) is 18.2 Å². The minimum atomic E-state index is -3.86. The van der Waals surface area contributed by atoms with Crippen LogP contribution in [-0.2, 0) is 39.1 Å². The van der Waals surface area contributed by atoms with Crippen LogP contribution in [0.3, 0.4) is 0 Å². The highest BCUT2D eigenvalue weighted by Gasteiger charge is 2.33. The zero-order chi connectivity index (χ0) is 30.2. The lowest BCUT2D eigenvalue weighted by molar-refractivity contribution is -0.0393. The predicted octanol–water partition coefficient (Wildman–Crippen LogP) is 6.13. The second-order valence-electron chi connectivity index (χ2n) is 10.3. The first-order valence-electron chi connectivity index (χ1n) is 13.1. The molecule has 0 saturated heterocycles. The Labute approximate surface area is 250 Å². The Morgan fingerprint density at radius 2 is 1.83 bits per heavy atom. The van der Waals surface area contributed by atoms with Crippen LogP contribution in [-0.4, -0.2) is 34.5 Å². The molecule has 2 N–H and O–H groups in total. The summed E-state index contributed by atoms with van der Waals surface area (Å²) in [6.07, 6.45) is 2.96. The quantitative estimate of drug-likeness (QED) is 0.144. The predicted molar refractivity (Wildman–Crippen MR) is 158 cm³/mol. The molecular formula is C30H29BrF2N2O6S. The summed E-state index contributed by atoms with van der Waals surface area (Å²) in [6.45, 7) is -0.0913. The first kappa shape index (κ1) is 30.1. The Kier molecular flexibility index (Phi) is 8.70. The van der Waals surface area contributed by atoms with Crippen molar-refractivity contribution in [2.45, 2.75) is 38.3 Å². The molecule has 1 amide bonds. The molecule has 222 valence electrons. The lowest BCUT2D eigenvalue weighted by atomic mass is 10.0. The number of ether oxygens (including phenoxy) is 2. The number of hydrogen-bond acceptors (Lipinski definition) is 6. The Bertz CT molecular complexity index is 1750. The van der Waals surface area contributed by atoms with Gasteiger partial charge in [0.05, 0.1) is 35.1 Å². The van der Waals surface area contributed by atoms with Gasteiger partial charge < -0.3 is 19.6 Å². The number of carbonyl (C=O) groups excluding carboxylic acids is 1. The van der Waals surface area contributed by atoms with Crippen LogP contribution in [0.25, 0.3) is 11.0 Å². The summed E-state index contributed by atoms with van der Waals surface area (Å²) in [5.41, 5.74) is 8.98. The highest BCUT2D eigenvalue weighted by molar-refractivity contribution is 9.10. The van der Waals surface area contributed by atoms with Gasteiger partial charge in [-0.05, 0) is 81.2 Å². The van der Waals surface area contributed by atoms with Crippen LogP contribution in [0.1, 0.15) is 57.1 Å². The van der Waals surface area contributed by atoms with E-state index in [1.165, 1.54) is 29.6 Å².